The van der Waals surface area contributed by atoms with Gasteiger partial charge in [0.1, 0.15) is 11.2 Å². The molecular weight excluding hydrogens is 432 g/mol. The number of ether oxygens (including phenoxy) is 2. The van der Waals surface area contributed by atoms with Crippen molar-refractivity contribution in [2.45, 2.75) is 117 Å². The van der Waals surface area contributed by atoms with Crippen LogP contribution in [0.2, 0.25) is 0 Å². The van der Waals surface area contributed by atoms with E-state index in [1.54, 1.807) is 46.4 Å². The van der Waals surface area contributed by atoms with E-state index in [9.17, 15) is 14.4 Å². The van der Waals surface area contributed by atoms with Gasteiger partial charge in [0.15, 0.2) is 0 Å². The van der Waals surface area contributed by atoms with Crippen LogP contribution < -0.4 is 5.32 Å². The number of carbonyl (C=O) groups excluding carboxylic acids is 3. The zero-order valence-corrected chi connectivity index (χ0v) is 22.5. The first-order valence-electron chi connectivity index (χ1n) is 12.7. The Balaban J connectivity index is 4.24. The minimum absolute atomic E-state index is 0.00675. The monoisotopic (exact) mass is 480 g/mol. The highest BCUT2D eigenvalue weighted by Crippen LogP contribution is 2.11. The van der Waals surface area contributed by atoms with Crippen LogP contribution in [0.5, 0.6) is 0 Å². The molecule has 0 spiro atoms. The maximum Gasteiger partial charge on any atom is 0.320 e. The molecule has 0 saturated carbocycles. The summed E-state index contributed by atoms with van der Waals surface area (Å²) in [6, 6.07) is 0. The van der Waals surface area contributed by atoms with Crippen LogP contribution in [0.15, 0.2) is 0 Å². The summed E-state index contributed by atoms with van der Waals surface area (Å²) >= 11 is 0. The molecule has 0 saturated heterocycles. The molecule has 196 valence electrons. The molecular formula is C27H48N2O5. The second kappa shape index (κ2) is 17.4. The molecule has 0 aromatic heterocycles. The van der Waals surface area contributed by atoms with Crippen molar-refractivity contribution < 1.29 is 23.9 Å². The lowest BCUT2D eigenvalue weighted by molar-refractivity contribution is -0.160. The van der Waals surface area contributed by atoms with Gasteiger partial charge in [0.25, 0.3) is 0 Å². The van der Waals surface area contributed by atoms with E-state index in [0.717, 1.165) is 32.1 Å². The van der Waals surface area contributed by atoms with Gasteiger partial charge in [-0.05, 0) is 60.8 Å². The van der Waals surface area contributed by atoms with E-state index in [1.807, 2.05) is 0 Å². The maximum atomic E-state index is 12.2. The van der Waals surface area contributed by atoms with Crippen LogP contribution in [-0.2, 0) is 23.9 Å². The van der Waals surface area contributed by atoms with Crippen molar-refractivity contribution in [2.24, 2.45) is 0 Å². The largest absolute Gasteiger partial charge is 0.459 e. The zero-order chi connectivity index (χ0) is 26.0. The van der Waals surface area contributed by atoms with Crippen LogP contribution in [0.1, 0.15) is 106 Å². The molecule has 34 heavy (non-hydrogen) atoms. The van der Waals surface area contributed by atoms with Gasteiger partial charge < -0.3 is 14.8 Å². The normalized spacial score (nSPS) is 11.7. The summed E-state index contributed by atoms with van der Waals surface area (Å²) in [5, 5.41) is 2.93. The minimum Gasteiger partial charge on any atom is -0.459 e. The van der Waals surface area contributed by atoms with E-state index < -0.39 is 23.1 Å². The summed E-state index contributed by atoms with van der Waals surface area (Å²) in [6.07, 6.45) is 15.0. The van der Waals surface area contributed by atoms with Gasteiger partial charge in [0.05, 0.1) is 13.1 Å². The first-order valence-corrected chi connectivity index (χ1v) is 12.7. The van der Waals surface area contributed by atoms with Crippen molar-refractivity contribution in [1.29, 1.82) is 0 Å². The van der Waals surface area contributed by atoms with Crippen molar-refractivity contribution in [2.75, 3.05) is 26.2 Å². The Kier molecular flexibility index (Phi) is 16.3. The van der Waals surface area contributed by atoms with E-state index in [0.29, 0.717) is 25.9 Å². The quantitative estimate of drug-likeness (QED) is 0.186. The molecule has 1 amide bonds. The molecule has 7 nitrogen and oxygen atoms in total. The first-order chi connectivity index (χ1) is 15.8. The van der Waals surface area contributed by atoms with Crippen LogP contribution in [0, 0.1) is 12.3 Å². The number of hydrogen-bond acceptors (Lipinski definition) is 6. The van der Waals surface area contributed by atoms with Crippen LogP contribution in [0.3, 0.4) is 0 Å². The second-order valence-electron chi connectivity index (χ2n) is 10.8. The molecule has 0 rings (SSSR count). The number of terminal acetylenes is 1. The van der Waals surface area contributed by atoms with Gasteiger partial charge in [0.2, 0.25) is 5.91 Å². The summed E-state index contributed by atoms with van der Waals surface area (Å²) in [5.74, 6) is 1.92. The fraction of sp³-hybridized carbons (Fsp3) is 0.815. The predicted molar refractivity (Wildman–Crippen MR) is 136 cm³/mol. The number of amides is 1. The highest BCUT2D eigenvalue weighted by atomic mass is 16.6. The molecule has 0 radical (unpaired) electrons. The molecule has 0 aliphatic carbocycles. The number of nitrogens with one attached hydrogen (secondary N) is 1. The van der Waals surface area contributed by atoms with Crippen LogP contribution in [-0.4, -0.2) is 60.1 Å². The lowest BCUT2D eigenvalue weighted by Gasteiger charge is -2.26. The molecule has 0 heterocycles. The number of carbonyl (C=O) groups is 3. The van der Waals surface area contributed by atoms with Crippen molar-refractivity contribution in [3.05, 3.63) is 0 Å². The SMILES string of the molecule is C#CCCCCCCCCCC(=O)NCCCN(CC(=O)OC(C)(C)C)CC(=O)OC(C)(C)C. The number of esters is 2. The van der Waals surface area contributed by atoms with E-state index in [-0.39, 0.29) is 19.0 Å². The average molecular weight is 481 g/mol. The topological polar surface area (TPSA) is 84.9 Å². The molecule has 0 aromatic carbocycles. The second-order valence-corrected chi connectivity index (χ2v) is 10.8. The lowest BCUT2D eigenvalue weighted by Crippen LogP contribution is -2.41. The summed E-state index contributed by atoms with van der Waals surface area (Å²) in [4.78, 5) is 38.3. The number of nitrogens with zero attached hydrogens (tertiary/aromatic N) is 1. The number of hydrogen-bond donors (Lipinski definition) is 1. The van der Waals surface area contributed by atoms with Crippen molar-refractivity contribution in [3.8, 4) is 12.3 Å². The highest BCUT2D eigenvalue weighted by Gasteiger charge is 2.23. The Labute approximate surface area is 207 Å². The lowest BCUT2D eigenvalue weighted by atomic mass is 10.1. The molecule has 0 bridgehead atoms. The molecule has 0 aliphatic rings. The van der Waals surface area contributed by atoms with Crippen molar-refractivity contribution >= 4 is 17.8 Å². The highest BCUT2D eigenvalue weighted by molar-refractivity contribution is 5.76. The molecule has 0 unspecified atom stereocenters. The van der Waals surface area contributed by atoms with Gasteiger partial charge >= 0.3 is 11.9 Å². The number of rotatable bonds is 17. The third kappa shape index (κ3) is 21.8. The van der Waals surface area contributed by atoms with Crippen molar-refractivity contribution in [3.63, 3.8) is 0 Å². The van der Waals surface area contributed by atoms with Gasteiger partial charge in [-0.3, -0.25) is 19.3 Å². The maximum absolute atomic E-state index is 12.2. The summed E-state index contributed by atoms with van der Waals surface area (Å²) < 4.78 is 10.8. The van der Waals surface area contributed by atoms with Crippen LogP contribution in [0.4, 0.5) is 0 Å². The minimum atomic E-state index is -0.593. The standard InChI is InChI=1S/C27H48N2O5/c1-8-9-10-11-12-13-14-15-16-18-23(30)28-19-17-20-29(21-24(31)33-26(2,3)4)22-25(32)34-27(5,6)7/h1H,9-22H2,2-7H3,(H,28,30). The van der Waals surface area contributed by atoms with E-state index in [4.69, 9.17) is 15.9 Å². The first kappa shape index (κ1) is 31.9. The molecule has 7 heteroatoms. The summed E-state index contributed by atoms with van der Waals surface area (Å²) in [7, 11) is 0. The van der Waals surface area contributed by atoms with E-state index >= 15 is 0 Å². The van der Waals surface area contributed by atoms with Crippen LogP contribution >= 0.6 is 0 Å². The molecule has 0 atom stereocenters. The molecule has 1 N–H and O–H groups in total. The third-order valence-electron chi connectivity index (χ3n) is 4.74. The third-order valence-corrected chi connectivity index (χ3v) is 4.74. The Morgan fingerprint density at radius 1 is 0.765 bits per heavy atom. The Bertz CT molecular complexity index is 611. The van der Waals surface area contributed by atoms with Crippen molar-refractivity contribution in [1.82, 2.24) is 10.2 Å². The Hall–Kier alpha value is -2.07. The van der Waals surface area contributed by atoms with Gasteiger partial charge in [-0.25, -0.2) is 0 Å². The van der Waals surface area contributed by atoms with E-state index in [2.05, 4.69) is 11.2 Å². The Morgan fingerprint density at radius 3 is 1.71 bits per heavy atom. The average Bonchev–Trinajstić information content (AvgIpc) is 2.66. The molecule has 0 aromatic rings. The molecule has 0 fully saturated rings. The van der Waals surface area contributed by atoms with Gasteiger partial charge in [0, 0.05) is 25.9 Å². The van der Waals surface area contributed by atoms with Gasteiger partial charge in [-0.15, -0.1) is 12.3 Å². The molecule has 0 aliphatic heterocycles. The fourth-order valence-corrected chi connectivity index (χ4v) is 3.34. The van der Waals surface area contributed by atoms with Gasteiger partial charge in [-0.2, -0.15) is 0 Å². The van der Waals surface area contributed by atoms with Gasteiger partial charge in [-0.1, -0.05) is 32.1 Å². The smallest absolute Gasteiger partial charge is 0.320 e. The van der Waals surface area contributed by atoms with Crippen LogP contribution in [0.25, 0.3) is 0 Å². The zero-order valence-electron chi connectivity index (χ0n) is 22.5. The number of unbranched alkanes of at least 4 members (excludes halogenated alkanes) is 7. The van der Waals surface area contributed by atoms with E-state index in [1.165, 1.54) is 19.3 Å². The summed E-state index contributed by atoms with van der Waals surface area (Å²) in [5.41, 5.74) is -1.19. The fourth-order valence-electron chi connectivity index (χ4n) is 3.34. The Morgan fingerprint density at radius 2 is 1.24 bits per heavy atom. The predicted octanol–water partition coefficient (Wildman–Crippen LogP) is 4.62. The summed E-state index contributed by atoms with van der Waals surface area (Å²) in [6.45, 7) is 11.8.